The molecule has 144 valence electrons. The normalized spacial score (nSPS) is 10.5. The summed E-state index contributed by atoms with van der Waals surface area (Å²) in [5.74, 6) is 0.457. The van der Waals surface area contributed by atoms with Crippen LogP contribution < -0.4 is 10.5 Å². The molecular weight excluding hydrogens is 372 g/mol. The maximum absolute atomic E-state index is 13.2. The molecule has 0 unspecified atom stereocenters. The third kappa shape index (κ3) is 5.35. The van der Waals surface area contributed by atoms with E-state index in [1.807, 2.05) is 72.8 Å². The highest BCUT2D eigenvalue weighted by Gasteiger charge is 2.19. The van der Waals surface area contributed by atoms with Gasteiger partial charge in [-0.3, -0.25) is 4.79 Å². The number of amides is 1. The van der Waals surface area contributed by atoms with E-state index in [-0.39, 0.29) is 5.91 Å². The lowest BCUT2D eigenvalue weighted by molar-refractivity contribution is 0.0743. The van der Waals surface area contributed by atoms with Gasteiger partial charge in [-0.15, -0.1) is 0 Å². The van der Waals surface area contributed by atoms with Gasteiger partial charge in [0.05, 0.1) is 5.56 Å². The molecule has 0 heterocycles. The van der Waals surface area contributed by atoms with E-state index in [0.29, 0.717) is 42.6 Å². The molecule has 0 radical (unpaired) electrons. The molecule has 0 saturated carbocycles. The molecule has 1 amide bonds. The van der Waals surface area contributed by atoms with Crippen molar-refractivity contribution in [2.75, 3.05) is 13.1 Å². The quantitative estimate of drug-likeness (QED) is 0.611. The molecule has 3 aromatic rings. The Morgan fingerprint density at radius 1 is 0.893 bits per heavy atom. The average Bonchev–Trinajstić information content (AvgIpc) is 2.74. The van der Waals surface area contributed by atoms with Crippen LogP contribution in [0.25, 0.3) is 0 Å². The SMILES string of the molecule is NCCN(Cc1ccc(Cl)cc1)C(=O)c1ccccc1OCc1ccccc1. The summed E-state index contributed by atoms with van der Waals surface area (Å²) >= 11 is 5.96. The number of halogens is 1. The summed E-state index contributed by atoms with van der Waals surface area (Å²) in [7, 11) is 0. The van der Waals surface area contributed by atoms with Gasteiger partial charge in [0.1, 0.15) is 12.4 Å². The minimum absolute atomic E-state index is 0.107. The second-order valence-electron chi connectivity index (χ2n) is 6.41. The first kappa shape index (κ1) is 19.9. The molecule has 5 heteroatoms. The molecule has 2 N–H and O–H groups in total. The van der Waals surface area contributed by atoms with Crippen molar-refractivity contribution < 1.29 is 9.53 Å². The lowest BCUT2D eigenvalue weighted by Gasteiger charge is -2.23. The monoisotopic (exact) mass is 394 g/mol. The number of hydrogen-bond acceptors (Lipinski definition) is 3. The predicted molar refractivity (Wildman–Crippen MR) is 112 cm³/mol. The van der Waals surface area contributed by atoms with Gasteiger partial charge in [0.15, 0.2) is 0 Å². The minimum atomic E-state index is -0.107. The molecule has 3 rings (SSSR count). The fourth-order valence-electron chi connectivity index (χ4n) is 2.89. The lowest BCUT2D eigenvalue weighted by Crippen LogP contribution is -2.35. The largest absolute Gasteiger partial charge is 0.488 e. The maximum atomic E-state index is 13.2. The second kappa shape index (κ2) is 9.93. The summed E-state index contributed by atoms with van der Waals surface area (Å²) < 4.78 is 5.94. The van der Waals surface area contributed by atoms with Crippen molar-refractivity contribution in [1.82, 2.24) is 4.90 Å². The number of carbonyl (C=O) groups is 1. The van der Waals surface area contributed by atoms with Crippen LogP contribution in [0.3, 0.4) is 0 Å². The molecule has 3 aromatic carbocycles. The van der Waals surface area contributed by atoms with Crippen molar-refractivity contribution in [1.29, 1.82) is 0 Å². The molecule has 28 heavy (non-hydrogen) atoms. The smallest absolute Gasteiger partial charge is 0.257 e. The number of nitrogens with zero attached hydrogens (tertiary/aromatic N) is 1. The Morgan fingerprint density at radius 2 is 1.57 bits per heavy atom. The van der Waals surface area contributed by atoms with E-state index in [0.717, 1.165) is 11.1 Å². The Balaban J connectivity index is 1.77. The molecule has 4 nitrogen and oxygen atoms in total. The van der Waals surface area contributed by atoms with Crippen LogP contribution in [0.4, 0.5) is 0 Å². The second-order valence-corrected chi connectivity index (χ2v) is 6.85. The zero-order valence-corrected chi connectivity index (χ0v) is 16.3. The van der Waals surface area contributed by atoms with Crippen molar-refractivity contribution in [2.24, 2.45) is 5.73 Å². The summed E-state index contributed by atoms with van der Waals surface area (Å²) in [5, 5.41) is 0.667. The Bertz CT molecular complexity index is 898. The van der Waals surface area contributed by atoms with Crippen molar-refractivity contribution in [2.45, 2.75) is 13.2 Å². The number of benzene rings is 3. The summed E-state index contributed by atoms with van der Waals surface area (Å²) in [5.41, 5.74) is 8.32. The van der Waals surface area contributed by atoms with E-state index in [9.17, 15) is 4.79 Å². The van der Waals surface area contributed by atoms with Gasteiger partial charge in [0.2, 0.25) is 0 Å². The topological polar surface area (TPSA) is 55.6 Å². The molecule has 0 aliphatic rings. The number of nitrogens with two attached hydrogens (primary N) is 1. The molecule has 0 bridgehead atoms. The molecule has 0 atom stereocenters. The van der Waals surface area contributed by atoms with Crippen molar-refractivity contribution in [3.63, 3.8) is 0 Å². The molecule has 0 aliphatic carbocycles. The Labute approximate surface area is 170 Å². The lowest BCUT2D eigenvalue weighted by atomic mass is 10.1. The van der Waals surface area contributed by atoms with E-state index in [1.54, 1.807) is 11.0 Å². The Kier molecular flexibility index (Phi) is 7.06. The van der Waals surface area contributed by atoms with Gasteiger partial charge in [0, 0.05) is 24.7 Å². The molecular formula is C23H23ClN2O2. The summed E-state index contributed by atoms with van der Waals surface area (Å²) in [6.45, 7) is 1.69. The zero-order valence-electron chi connectivity index (χ0n) is 15.6. The van der Waals surface area contributed by atoms with Gasteiger partial charge in [-0.05, 0) is 35.4 Å². The highest BCUT2D eigenvalue weighted by Crippen LogP contribution is 2.22. The highest BCUT2D eigenvalue weighted by atomic mass is 35.5. The van der Waals surface area contributed by atoms with Crippen LogP contribution in [0.5, 0.6) is 5.75 Å². The average molecular weight is 395 g/mol. The maximum Gasteiger partial charge on any atom is 0.257 e. The van der Waals surface area contributed by atoms with Crippen LogP contribution in [0.15, 0.2) is 78.9 Å². The van der Waals surface area contributed by atoms with Gasteiger partial charge < -0.3 is 15.4 Å². The summed E-state index contributed by atoms with van der Waals surface area (Å²) in [4.78, 5) is 14.9. The van der Waals surface area contributed by atoms with Crippen LogP contribution in [-0.2, 0) is 13.2 Å². The van der Waals surface area contributed by atoms with E-state index >= 15 is 0 Å². The number of hydrogen-bond donors (Lipinski definition) is 1. The minimum Gasteiger partial charge on any atom is -0.488 e. The third-order valence-electron chi connectivity index (χ3n) is 4.33. The standard InChI is InChI=1S/C23H23ClN2O2/c24-20-12-10-18(11-13-20)16-26(15-14-25)23(27)21-8-4-5-9-22(21)28-17-19-6-2-1-3-7-19/h1-13H,14-17,25H2. The van der Waals surface area contributed by atoms with Crippen LogP contribution in [0.1, 0.15) is 21.5 Å². The zero-order chi connectivity index (χ0) is 19.8. The number of rotatable bonds is 8. The Morgan fingerprint density at radius 3 is 2.29 bits per heavy atom. The first-order chi connectivity index (χ1) is 13.7. The van der Waals surface area contributed by atoms with Gasteiger partial charge in [0.25, 0.3) is 5.91 Å². The van der Waals surface area contributed by atoms with E-state index in [2.05, 4.69) is 0 Å². The van der Waals surface area contributed by atoms with Gasteiger partial charge in [-0.1, -0.05) is 66.2 Å². The fraction of sp³-hybridized carbons (Fsp3) is 0.174. The molecule has 0 aromatic heterocycles. The van der Waals surface area contributed by atoms with Gasteiger partial charge in [-0.2, -0.15) is 0 Å². The van der Waals surface area contributed by atoms with E-state index < -0.39 is 0 Å². The van der Waals surface area contributed by atoms with Crippen LogP contribution in [0.2, 0.25) is 5.02 Å². The molecule has 0 spiro atoms. The first-order valence-electron chi connectivity index (χ1n) is 9.17. The molecule has 0 aliphatic heterocycles. The highest BCUT2D eigenvalue weighted by molar-refractivity contribution is 6.30. The first-order valence-corrected chi connectivity index (χ1v) is 9.54. The number of para-hydroxylation sites is 1. The molecule has 0 saturated heterocycles. The summed E-state index contributed by atoms with van der Waals surface area (Å²) in [6, 6.07) is 24.6. The van der Waals surface area contributed by atoms with Gasteiger partial charge >= 0.3 is 0 Å². The fourth-order valence-corrected chi connectivity index (χ4v) is 3.02. The van der Waals surface area contributed by atoms with Gasteiger partial charge in [-0.25, -0.2) is 0 Å². The van der Waals surface area contributed by atoms with Crippen LogP contribution in [-0.4, -0.2) is 23.9 Å². The number of ether oxygens (including phenoxy) is 1. The molecule has 0 fully saturated rings. The van der Waals surface area contributed by atoms with E-state index in [4.69, 9.17) is 22.1 Å². The number of carbonyl (C=O) groups excluding carboxylic acids is 1. The van der Waals surface area contributed by atoms with E-state index in [1.165, 1.54) is 0 Å². The summed E-state index contributed by atoms with van der Waals surface area (Å²) in [6.07, 6.45) is 0. The van der Waals surface area contributed by atoms with Crippen molar-refractivity contribution >= 4 is 17.5 Å². The third-order valence-corrected chi connectivity index (χ3v) is 4.58. The van der Waals surface area contributed by atoms with Crippen molar-refractivity contribution in [3.05, 3.63) is 101 Å². The van der Waals surface area contributed by atoms with Crippen LogP contribution >= 0.6 is 11.6 Å². The van der Waals surface area contributed by atoms with Crippen molar-refractivity contribution in [3.8, 4) is 5.75 Å². The predicted octanol–water partition coefficient (Wildman–Crippen LogP) is 4.52. The van der Waals surface area contributed by atoms with Crippen LogP contribution in [0, 0.1) is 0 Å². The Hall–Kier alpha value is -2.82.